The molecule has 2 rings (SSSR count). The lowest BCUT2D eigenvalue weighted by molar-refractivity contribution is 0.464. The molecule has 1 nitrogen and oxygen atoms in total. The average Bonchev–Trinajstić information content (AvgIpc) is 2.97. The summed E-state index contributed by atoms with van der Waals surface area (Å²) in [5.41, 5.74) is 4.27. The molecular weight excluding hydrogens is 262 g/mol. The Morgan fingerprint density at radius 1 is 1.00 bits per heavy atom. The number of benzene rings is 1. The molecule has 0 aliphatic carbocycles. The van der Waals surface area contributed by atoms with Crippen molar-refractivity contribution in [2.75, 3.05) is 6.54 Å². The summed E-state index contributed by atoms with van der Waals surface area (Å²) < 4.78 is 0. The van der Waals surface area contributed by atoms with Crippen LogP contribution >= 0.6 is 11.3 Å². The van der Waals surface area contributed by atoms with Gasteiger partial charge in [0.25, 0.3) is 0 Å². The van der Waals surface area contributed by atoms with Gasteiger partial charge in [-0.1, -0.05) is 36.8 Å². The molecular formula is C18H25NS. The first-order chi connectivity index (χ1) is 9.78. The van der Waals surface area contributed by atoms with Crippen LogP contribution in [-0.2, 0) is 12.8 Å². The van der Waals surface area contributed by atoms with Crippen LogP contribution in [0.1, 0.15) is 36.5 Å². The highest BCUT2D eigenvalue weighted by atomic mass is 32.1. The fourth-order valence-corrected chi connectivity index (χ4v) is 3.21. The molecule has 1 unspecified atom stereocenters. The monoisotopic (exact) mass is 287 g/mol. The maximum absolute atomic E-state index is 3.63. The maximum Gasteiger partial charge on any atom is 0.00732 e. The van der Waals surface area contributed by atoms with Crippen LogP contribution in [0.4, 0.5) is 0 Å². The van der Waals surface area contributed by atoms with Gasteiger partial charge in [0.2, 0.25) is 0 Å². The first-order valence-corrected chi connectivity index (χ1v) is 8.52. The van der Waals surface area contributed by atoms with E-state index >= 15 is 0 Å². The lowest BCUT2D eigenvalue weighted by Crippen LogP contribution is -2.29. The summed E-state index contributed by atoms with van der Waals surface area (Å²) in [6.07, 6.45) is 4.81. The molecule has 1 N–H and O–H groups in total. The number of rotatable bonds is 8. The van der Waals surface area contributed by atoms with Gasteiger partial charge in [-0.2, -0.15) is 11.3 Å². The van der Waals surface area contributed by atoms with E-state index in [1.807, 2.05) is 0 Å². The fourth-order valence-electron chi connectivity index (χ4n) is 2.51. The van der Waals surface area contributed by atoms with Gasteiger partial charge in [-0.25, -0.2) is 0 Å². The Morgan fingerprint density at radius 2 is 1.70 bits per heavy atom. The molecule has 1 atom stereocenters. The molecule has 0 radical (unpaired) electrons. The molecule has 1 aromatic heterocycles. The van der Waals surface area contributed by atoms with Crippen molar-refractivity contribution in [2.45, 2.75) is 45.6 Å². The van der Waals surface area contributed by atoms with Crippen molar-refractivity contribution in [2.24, 2.45) is 0 Å². The zero-order valence-electron chi connectivity index (χ0n) is 12.6. The minimum atomic E-state index is 0.626. The second kappa shape index (κ2) is 8.23. The summed E-state index contributed by atoms with van der Waals surface area (Å²) >= 11 is 1.80. The standard InChI is InChI=1S/C18H25NS/c1-3-19-18(11-9-17-12-13-20-14-17)10-8-16-6-4-15(2)5-7-16/h4-7,12-14,18-19H,3,8-11H2,1-2H3. The first-order valence-electron chi connectivity index (χ1n) is 7.58. The largest absolute Gasteiger partial charge is 0.314 e. The van der Waals surface area contributed by atoms with Gasteiger partial charge in [-0.3, -0.25) is 0 Å². The predicted octanol–water partition coefficient (Wildman–Crippen LogP) is 4.60. The third-order valence-corrected chi connectivity index (χ3v) is 4.49. The average molecular weight is 287 g/mol. The Balaban J connectivity index is 1.80. The van der Waals surface area contributed by atoms with Crippen molar-refractivity contribution < 1.29 is 0 Å². The summed E-state index contributed by atoms with van der Waals surface area (Å²) in [5.74, 6) is 0. The third kappa shape index (κ3) is 5.10. The van der Waals surface area contributed by atoms with E-state index in [1.165, 1.54) is 42.4 Å². The van der Waals surface area contributed by atoms with Crippen LogP contribution in [0, 0.1) is 6.92 Å². The molecule has 2 aromatic rings. The quantitative estimate of drug-likeness (QED) is 0.748. The topological polar surface area (TPSA) is 12.0 Å². The van der Waals surface area contributed by atoms with E-state index in [2.05, 4.69) is 60.3 Å². The molecule has 0 fully saturated rings. The molecule has 108 valence electrons. The zero-order valence-corrected chi connectivity index (χ0v) is 13.4. The number of thiophene rings is 1. The maximum atomic E-state index is 3.63. The van der Waals surface area contributed by atoms with Crippen LogP contribution in [-0.4, -0.2) is 12.6 Å². The second-order valence-corrected chi connectivity index (χ2v) is 6.23. The molecule has 0 bridgehead atoms. The Bertz CT molecular complexity index is 473. The summed E-state index contributed by atoms with van der Waals surface area (Å²) in [6.45, 7) is 5.40. The summed E-state index contributed by atoms with van der Waals surface area (Å²) in [4.78, 5) is 0. The highest BCUT2D eigenvalue weighted by Crippen LogP contribution is 2.13. The van der Waals surface area contributed by atoms with Gasteiger partial charge in [0, 0.05) is 6.04 Å². The van der Waals surface area contributed by atoms with Crippen LogP contribution in [0.2, 0.25) is 0 Å². The highest BCUT2D eigenvalue weighted by molar-refractivity contribution is 7.07. The van der Waals surface area contributed by atoms with E-state index in [-0.39, 0.29) is 0 Å². The smallest absolute Gasteiger partial charge is 0.00732 e. The third-order valence-electron chi connectivity index (χ3n) is 3.76. The van der Waals surface area contributed by atoms with Gasteiger partial charge >= 0.3 is 0 Å². The summed E-state index contributed by atoms with van der Waals surface area (Å²) in [7, 11) is 0. The number of hydrogen-bond acceptors (Lipinski definition) is 2. The first kappa shape index (κ1) is 15.3. The lowest BCUT2D eigenvalue weighted by Gasteiger charge is -2.17. The molecule has 0 saturated heterocycles. The molecule has 2 heteroatoms. The van der Waals surface area contributed by atoms with Crippen molar-refractivity contribution in [1.82, 2.24) is 5.32 Å². The molecule has 0 amide bonds. The number of aryl methyl sites for hydroxylation is 3. The molecule has 1 heterocycles. The van der Waals surface area contributed by atoms with Crippen molar-refractivity contribution in [3.63, 3.8) is 0 Å². The zero-order chi connectivity index (χ0) is 14.2. The van der Waals surface area contributed by atoms with Crippen molar-refractivity contribution in [1.29, 1.82) is 0 Å². The Labute approximate surface area is 127 Å². The van der Waals surface area contributed by atoms with E-state index < -0.39 is 0 Å². The van der Waals surface area contributed by atoms with E-state index in [4.69, 9.17) is 0 Å². The van der Waals surface area contributed by atoms with Crippen molar-refractivity contribution >= 4 is 11.3 Å². The molecule has 0 saturated carbocycles. The molecule has 0 spiro atoms. The highest BCUT2D eigenvalue weighted by Gasteiger charge is 2.08. The van der Waals surface area contributed by atoms with Gasteiger partial charge in [0.05, 0.1) is 0 Å². The molecule has 0 aliphatic heterocycles. The molecule has 1 aromatic carbocycles. The van der Waals surface area contributed by atoms with Crippen molar-refractivity contribution in [3.8, 4) is 0 Å². The van der Waals surface area contributed by atoms with Gasteiger partial charge in [-0.15, -0.1) is 0 Å². The number of hydrogen-bond donors (Lipinski definition) is 1. The SMILES string of the molecule is CCNC(CCc1ccc(C)cc1)CCc1ccsc1. The minimum Gasteiger partial charge on any atom is -0.314 e. The van der Waals surface area contributed by atoms with E-state index in [0.717, 1.165) is 6.54 Å². The summed E-state index contributed by atoms with van der Waals surface area (Å²) in [6, 6.07) is 11.8. The minimum absolute atomic E-state index is 0.626. The van der Waals surface area contributed by atoms with Gasteiger partial charge in [0.15, 0.2) is 0 Å². The Hall–Kier alpha value is -1.12. The van der Waals surface area contributed by atoms with Gasteiger partial charge < -0.3 is 5.32 Å². The van der Waals surface area contributed by atoms with E-state index in [1.54, 1.807) is 11.3 Å². The lowest BCUT2D eigenvalue weighted by atomic mass is 9.99. The van der Waals surface area contributed by atoms with E-state index in [0.29, 0.717) is 6.04 Å². The van der Waals surface area contributed by atoms with Gasteiger partial charge in [0.1, 0.15) is 0 Å². The fraction of sp³-hybridized carbons (Fsp3) is 0.444. The Kier molecular flexibility index (Phi) is 6.28. The van der Waals surface area contributed by atoms with Crippen molar-refractivity contribution in [3.05, 3.63) is 57.8 Å². The summed E-state index contributed by atoms with van der Waals surface area (Å²) in [5, 5.41) is 8.07. The normalized spacial score (nSPS) is 12.5. The second-order valence-electron chi connectivity index (χ2n) is 5.45. The predicted molar refractivity (Wildman–Crippen MR) is 89.6 cm³/mol. The molecule has 0 aliphatic rings. The molecule has 20 heavy (non-hydrogen) atoms. The van der Waals surface area contributed by atoms with Crippen LogP contribution in [0.15, 0.2) is 41.1 Å². The van der Waals surface area contributed by atoms with E-state index in [9.17, 15) is 0 Å². The van der Waals surface area contributed by atoms with Crippen LogP contribution in [0.5, 0.6) is 0 Å². The van der Waals surface area contributed by atoms with Crippen LogP contribution in [0.25, 0.3) is 0 Å². The van der Waals surface area contributed by atoms with Crippen LogP contribution < -0.4 is 5.32 Å². The van der Waals surface area contributed by atoms with Gasteiger partial charge in [-0.05, 0) is 67.1 Å². The Morgan fingerprint density at radius 3 is 2.30 bits per heavy atom. The number of nitrogens with one attached hydrogen (secondary N) is 1. The van der Waals surface area contributed by atoms with Crippen LogP contribution in [0.3, 0.4) is 0 Å².